The average molecular weight is 435 g/mol. The maximum absolute atomic E-state index is 12.8. The van der Waals surface area contributed by atoms with Gasteiger partial charge in [0.2, 0.25) is 15.9 Å². The third-order valence-corrected chi connectivity index (χ3v) is 8.05. The Morgan fingerprint density at radius 1 is 1.00 bits per heavy atom. The summed E-state index contributed by atoms with van der Waals surface area (Å²) in [6, 6.07) is 7.56. The lowest BCUT2D eigenvalue weighted by Gasteiger charge is -2.34. The number of rotatable bonds is 5. The fraction of sp³-hybridized carbons (Fsp3) is 0.619. The number of nitrogens with one attached hydrogen (secondary N) is 1. The Labute approximate surface area is 178 Å². The molecule has 1 N–H and O–H groups in total. The number of urea groups is 1. The molecule has 2 fully saturated rings. The lowest BCUT2D eigenvalue weighted by atomic mass is 9.97. The van der Waals surface area contributed by atoms with Gasteiger partial charge in [0.15, 0.2) is 0 Å². The van der Waals surface area contributed by atoms with Gasteiger partial charge in [0.05, 0.1) is 17.4 Å². The van der Waals surface area contributed by atoms with Gasteiger partial charge in [0.1, 0.15) is 0 Å². The van der Waals surface area contributed by atoms with Crippen molar-refractivity contribution in [2.24, 2.45) is 5.92 Å². The van der Waals surface area contributed by atoms with E-state index in [1.807, 2.05) is 29.2 Å². The number of hydrogen-bond donors (Lipinski definition) is 1. The van der Waals surface area contributed by atoms with Crippen molar-refractivity contribution in [1.29, 1.82) is 0 Å². The number of likely N-dealkylation sites (tertiary alicyclic amines) is 2. The van der Waals surface area contributed by atoms with Gasteiger partial charge in [-0.2, -0.15) is 0 Å². The smallest absolute Gasteiger partial charge is 0.320 e. The predicted molar refractivity (Wildman–Crippen MR) is 115 cm³/mol. The summed E-state index contributed by atoms with van der Waals surface area (Å²) in [4.78, 5) is 28.9. The molecular weight excluding hydrogens is 404 g/mol. The molecule has 3 aliphatic heterocycles. The molecule has 3 aliphatic rings. The molecule has 3 heterocycles. The molecule has 8 nitrogen and oxygen atoms in total. The van der Waals surface area contributed by atoms with Gasteiger partial charge in [0.25, 0.3) is 0 Å². The van der Waals surface area contributed by atoms with E-state index >= 15 is 0 Å². The number of carbonyl (C=O) groups excluding carboxylic acids is 2. The summed E-state index contributed by atoms with van der Waals surface area (Å²) >= 11 is 0. The third-order valence-electron chi connectivity index (χ3n) is 6.28. The number of piperidine rings is 1. The van der Waals surface area contributed by atoms with Gasteiger partial charge in [-0.25, -0.2) is 13.2 Å². The molecule has 0 saturated carbocycles. The maximum Gasteiger partial charge on any atom is 0.320 e. The second kappa shape index (κ2) is 8.83. The zero-order valence-electron chi connectivity index (χ0n) is 17.3. The fourth-order valence-corrected chi connectivity index (χ4v) is 6.06. The fourth-order valence-electron chi connectivity index (χ4n) is 4.63. The molecule has 0 aliphatic carbocycles. The molecule has 3 amide bonds. The van der Waals surface area contributed by atoms with E-state index in [1.54, 1.807) is 4.90 Å². The van der Waals surface area contributed by atoms with Crippen LogP contribution in [0.25, 0.3) is 0 Å². The number of hydrogen-bond acceptors (Lipinski definition) is 4. The predicted octanol–water partition coefficient (Wildman–Crippen LogP) is 1.42. The van der Waals surface area contributed by atoms with E-state index in [0.29, 0.717) is 26.1 Å². The van der Waals surface area contributed by atoms with Crippen LogP contribution in [0.4, 0.5) is 10.5 Å². The Morgan fingerprint density at radius 3 is 2.53 bits per heavy atom. The van der Waals surface area contributed by atoms with Crippen molar-refractivity contribution in [3.63, 3.8) is 0 Å². The van der Waals surface area contributed by atoms with Gasteiger partial charge in [-0.15, -0.1) is 0 Å². The molecular formula is C21H30N4O4S. The summed E-state index contributed by atoms with van der Waals surface area (Å²) in [6.07, 6.45) is 4.31. The van der Waals surface area contributed by atoms with Crippen molar-refractivity contribution < 1.29 is 18.0 Å². The molecule has 0 radical (unpaired) electrons. The summed E-state index contributed by atoms with van der Waals surface area (Å²) in [5.41, 5.74) is 1.78. The Balaban J connectivity index is 1.28. The van der Waals surface area contributed by atoms with Gasteiger partial charge >= 0.3 is 6.03 Å². The molecule has 0 spiro atoms. The van der Waals surface area contributed by atoms with Crippen LogP contribution >= 0.6 is 0 Å². The minimum Gasteiger partial charge on any atom is -0.355 e. The molecule has 1 aromatic carbocycles. The highest BCUT2D eigenvalue weighted by molar-refractivity contribution is 7.92. The number of nitrogens with zero attached hydrogens (tertiary/aromatic N) is 3. The van der Waals surface area contributed by atoms with E-state index in [2.05, 4.69) is 5.32 Å². The van der Waals surface area contributed by atoms with Gasteiger partial charge in [-0.1, -0.05) is 18.2 Å². The van der Waals surface area contributed by atoms with Crippen LogP contribution in [0.2, 0.25) is 0 Å². The number of fused-ring (bicyclic) bond motifs is 1. The topological polar surface area (TPSA) is 90.0 Å². The van der Waals surface area contributed by atoms with Crippen LogP contribution in [-0.2, 0) is 21.2 Å². The SMILES string of the molecule is O=C(NCCS(=O)(=O)N1CCc2ccccc21)[C@H]1CCCN(C(=O)N2CCCC2)C1. The van der Waals surface area contributed by atoms with Gasteiger partial charge in [-0.3, -0.25) is 9.10 Å². The van der Waals surface area contributed by atoms with E-state index in [4.69, 9.17) is 0 Å². The zero-order chi connectivity index (χ0) is 21.1. The lowest BCUT2D eigenvalue weighted by Crippen LogP contribution is -2.50. The highest BCUT2D eigenvalue weighted by Crippen LogP contribution is 2.29. The number of para-hydroxylation sites is 1. The molecule has 30 heavy (non-hydrogen) atoms. The van der Waals surface area contributed by atoms with Crippen LogP contribution in [-0.4, -0.2) is 75.2 Å². The normalized spacial score (nSPS) is 21.6. The molecule has 2 saturated heterocycles. The van der Waals surface area contributed by atoms with E-state index in [9.17, 15) is 18.0 Å². The van der Waals surface area contributed by atoms with Gasteiger partial charge in [0, 0.05) is 39.3 Å². The molecule has 1 atom stereocenters. The Hall–Kier alpha value is -2.29. The Kier molecular flexibility index (Phi) is 6.17. The number of benzene rings is 1. The van der Waals surface area contributed by atoms with Crippen molar-refractivity contribution in [3.05, 3.63) is 29.8 Å². The highest BCUT2D eigenvalue weighted by Gasteiger charge is 2.32. The first-order chi connectivity index (χ1) is 14.5. The number of carbonyl (C=O) groups is 2. The summed E-state index contributed by atoms with van der Waals surface area (Å²) in [5.74, 6) is -0.567. The summed E-state index contributed by atoms with van der Waals surface area (Å²) < 4.78 is 27.0. The third kappa shape index (κ3) is 4.40. The van der Waals surface area contributed by atoms with Crippen LogP contribution < -0.4 is 9.62 Å². The van der Waals surface area contributed by atoms with Crippen LogP contribution in [0.3, 0.4) is 0 Å². The molecule has 0 aromatic heterocycles. The Bertz CT molecular complexity index is 898. The van der Waals surface area contributed by atoms with Crippen molar-refractivity contribution in [2.45, 2.75) is 32.1 Å². The van der Waals surface area contributed by atoms with Gasteiger partial charge in [-0.05, 0) is 43.7 Å². The average Bonchev–Trinajstić information content (AvgIpc) is 3.43. The van der Waals surface area contributed by atoms with Crippen LogP contribution in [0.1, 0.15) is 31.2 Å². The van der Waals surface area contributed by atoms with Gasteiger partial charge < -0.3 is 15.1 Å². The van der Waals surface area contributed by atoms with E-state index in [-0.39, 0.29) is 30.2 Å². The summed E-state index contributed by atoms with van der Waals surface area (Å²) in [7, 11) is -3.49. The second-order valence-corrected chi connectivity index (χ2v) is 10.3. The molecule has 164 valence electrons. The second-order valence-electron chi connectivity index (χ2n) is 8.32. The van der Waals surface area contributed by atoms with Crippen LogP contribution in [0, 0.1) is 5.92 Å². The number of anilines is 1. The zero-order valence-corrected chi connectivity index (χ0v) is 18.1. The van der Waals surface area contributed by atoms with Crippen molar-refractivity contribution in [1.82, 2.24) is 15.1 Å². The Morgan fingerprint density at radius 2 is 1.73 bits per heavy atom. The molecule has 0 bridgehead atoms. The molecule has 4 rings (SSSR count). The van der Waals surface area contributed by atoms with E-state index in [0.717, 1.165) is 50.0 Å². The van der Waals surface area contributed by atoms with E-state index < -0.39 is 10.0 Å². The number of sulfonamides is 1. The molecule has 1 aromatic rings. The first-order valence-electron chi connectivity index (χ1n) is 10.9. The maximum atomic E-state index is 12.8. The minimum absolute atomic E-state index is 0.0280. The quantitative estimate of drug-likeness (QED) is 0.759. The first-order valence-corrected chi connectivity index (χ1v) is 12.5. The number of amides is 3. The summed E-state index contributed by atoms with van der Waals surface area (Å²) in [5, 5.41) is 2.79. The van der Waals surface area contributed by atoms with Crippen LogP contribution in [0.5, 0.6) is 0 Å². The summed E-state index contributed by atoms with van der Waals surface area (Å²) in [6.45, 7) is 3.21. The highest BCUT2D eigenvalue weighted by atomic mass is 32.2. The monoisotopic (exact) mass is 434 g/mol. The van der Waals surface area contributed by atoms with E-state index in [1.165, 1.54) is 4.31 Å². The first kappa shape index (κ1) is 21.0. The van der Waals surface area contributed by atoms with Crippen molar-refractivity contribution >= 4 is 27.6 Å². The standard InChI is InChI=1S/C21H30N4O4S/c26-20(18-7-5-13-24(16-18)21(27)23-11-3-4-12-23)22-10-15-30(28,29)25-14-9-17-6-1-2-8-19(17)25/h1-2,6,8,18H,3-5,7,9-16H2,(H,22,26)/t18-/m0/s1. The van der Waals surface area contributed by atoms with Crippen molar-refractivity contribution in [2.75, 3.05) is 49.3 Å². The molecule has 0 unspecified atom stereocenters. The lowest BCUT2D eigenvalue weighted by molar-refractivity contribution is -0.126. The largest absolute Gasteiger partial charge is 0.355 e. The van der Waals surface area contributed by atoms with Crippen LogP contribution in [0.15, 0.2) is 24.3 Å². The minimum atomic E-state index is -3.49. The van der Waals surface area contributed by atoms with Crippen molar-refractivity contribution in [3.8, 4) is 0 Å². The molecule has 9 heteroatoms.